The Labute approximate surface area is 148 Å². The zero-order valence-corrected chi connectivity index (χ0v) is 14.7. The molecule has 0 fully saturated rings. The van der Waals surface area contributed by atoms with E-state index in [1.165, 1.54) is 16.9 Å². The minimum atomic E-state index is -0.330. The predicted octanol–water partition coefficient (Wildman–Crippen LogP) is 4.64. The minimum absolute atomic E-state index is 0.330. The number of hydrogen-bond donors (Lipinski definition) is 1. The summed E-state index contributed by atoms with van der Waals surface area (Å²) in [4.78, 5) is 12.7. The fraction of sp³-hybridized carbons (Fsp3) is 0.111. The molecule has 1 heterocycles. The van der Waals surface area contributed by atoms with E-state index in [1.54, 1.807) is 13.3 Å². The Bertz CT molecular complexity index is 917. The van der Waals surface area contributed by atoms with Crippen LogP contribution in [0, 0.1) is 6.92 Å². The first kappa shape index (κ1) is 16.5. The molecule has 1 N–H and O–H groups in total. The summed E-state index contributed by atoms with van der Waals surface area (Å²) in [6.07, 6.45) is 1.60. The molecule has 4 nitrogen and oxygen atoms in total. The Kier molecular flexibility index (Phi) is 4.83. The van der Waals surface area contributed by atoms with Crippen molar-refractivity contribution in [3.8, 4) is 5.75 Å². The Morgan fingerprint density at radius 2 is 2.00 bits per heavy atom. The number of hydrazone groups is 1. The standard InChI is InChI=1S/C18H15ClN2O2S/c1-11-3-5-12(6-4-11)10-20-21-18(22)17-16(19)14-8-7-13(23-2)9-15(14)24-17/h3-10H,1-2H3,(H,21,22). The highest BCUT2D eigenvalue weighted by Gasteiger charge is 2.17. The Hall–Kier alpha value is -2.37. The van der Waals surface area contributed by atoms with Crippen molar-refractivity contribution in [2.75, 3.05) is 7.11 Å². The molecule has 2 aromatic carbocycles. The van der Waals surface area contributed by atoms with Crippen LogP contribution in [0.4, 0.5) is 0 Å². The van der Waals surface area contributed by atoms with Gasteiger partial charge in [0, 0.05) is 10.1 Å². The SMILES string of the molecule is COc1ccc2c(Cl)c(C(=O)NN=Cc3ccc(C)cc3)sc2c1. The number of carbonyl (C=O) groups excluding carboxylic acids is 1. The van der Waals surface area contributed by atoms with Crippen LogP contribution in [0.1, 0.15) is 20.8 Å². The van der Waals surface area contributed by atoms with Gasteiger partial charge in [0.15, 0.2) is 0 Å². The zero-order valence-electron chi connectivity index (χ0n) is 13.2. The van der Waals surface area contributed by atoms with Crippen LogP contribution in [-0.2, 0) is 0 Å². The van der Waals surface area contributed by atoms with Crippen molar-refractivity contribution in [1.29, 1.82) is 0 Å². The molecule has 1 aromatic heterocycles. The lowest BCUT2D eigenvalue weighted by atomic mass is 10.2. The number of hydrogen-bond acceptors (Lipinski definition) is 4. The Morgan fingerprint density at radius 3 is 2.71 bits per heavy atom. The lowest BCUT2D eigenvalue weighted by Crippen LogP contribution is -2.16. The van der Waals surface area contributed by atoms with Crippen molar-refractivity contribution in [1.82, 2.24) is 5.43 Å². The molecule has 1 amide bonds. The van der Waals surface area contributed by atoms with E-state index >= 15 is 0 Å². The number of amides is 1. The minimum Gasteiger partial charge on any atom is -0.497 e. The Balaban J connectivity index is 1.78. The smallest absolute Gasteiger partial charge is 0.283 e. The van der Waals surface area contributed by atoms with Gasteiger partial charge in [-0.3, -0.25) is 4.79 Å². The maximum Gasteiger partial charge on any atom is 0.283 e. The molecule has 0 aliphatic rings. The van der Waals surface area contributed by atoms with E-state index in [0.29, 0.717) is 9.90 Å². The molecule has 3 rings (SSSR count). The monoisotopic (exact) mass is 358 g/mol. The predicted molar refractivity (Wildman–Crippen MR) is 99.6 cm³/mol. The van der Waals surface area contributed by atoms with Gasteiger partial charge in [-0.1, -0.05) is 41.4 Å². The fourth-order valence-corrected chi connectivity index (χ4v) is 3.62. The number of nitrogens with one attached hydrogen (secondary N) is 1. The molecular formula is C18H15ClN2O2S. The van der Waals surface area contributed by atoms with Crippen molar-refractivity contribution in [3.63, 3.8) is 0 Å². The van der Waals surface area contributed by atoms with Gasteiger partial charge in [-0.05, 0) is 30.7 Å². The molecule has 122 valence electrons. The highest BCUT2D eigenvalue weighted by Crippen LogP contribution is 2.37. The van der Waals surface area contributed by atoms with Crippen LogP contribution in [0.15, 0.2) is 47.6 Å². The normalized spacial score (nSPS) is 11.1. The van der Waals surface area contributed by atoms with E-state index in [9.17, 15) is 4.79 Å². The molecule has 0 aliphatic heterocycles. The number of nitrogens with zero attached hydrogens (tertiary/aromatic N) is 1. The summed E-state index contributed by atoms with van der Waals surface area (Å²) in [5.74, 6) is 0.397. The average Bonchev–Trinajstić information content (AvgIpc) is 2.93. The molecule has 0 unspecified atom stereocenters. The van der Waals surface area contributed by atoms with Gasteiger partial charge in [0.05, 0.1) is 18.3 Å². The van der Waals surface area contributed by atoms with Crippen molar-refractivity contribution < 1.29 is 9.53 Å². The number of aryl methyl sites for hydroxylation is 1. The average molecular weight is 359 g/mol. The summed E-state index contributed by atoms with van der Waals surface area (Å²) in [7, 11) is 1.60. The molecule has 0 aliphatic carbocycles. The van der Waals surface area contributed by atoms with E-state index in [-0.39, 0.29) is 5.91 Å². The van der Waals surface area contributed by atoms with Gasteiger partial charge in [-0.15, -0.1) is 11.3 Å². The van der Waals surface area contributed by atoms with Crippen molar-refractivity contribution in [2.45, 2.75) is 6.92 Å². The van der Waals surface area contributed by atoms with Crippen LogP contribution >= 0.6 is 22.9 Å². The number of benzene rings is 2. The van der Waals surface area contributed by atoms with Crippen LogP contribution in [0.2, 0.25) is 5.02 Å². The summed E-state index contributed by atoms with van der Waals surface area (Å²) >= 11 is 7.63. The third-order valence-corrected chi connectivity index (χ3v) is 5.16. The second-order valence-corrected chi connectivity index (χ2v) is 6.65. The number of thiophene rings is 1. The maximum atomic E-state index is 12.3. The van der Waals surface area contributed by atoms with E-state index in [2.05, 4.69) is 10.5 Å². The molecule has 0 bridgehead atoms. The van der Waals surface area contributed by atoms with Gasteiger partial charge < -0.3 is 4.74 Å². The van der Waals surface area contributed by atoms with Gasteiger partial charge >= 0.3 is 0 Å². The van der Waals surface area contributed by atoms with Crippen LogP contribution in [-0.4, -0.2) is 19.2 Å². The Morgan fingerprint density at radius 1 is 1.25 bits per heavy atom. The highest BCUT2D eigenvalue weighted by atomic mass is 35.5. The first-order chi connectivity index (χ1) is 11.6. The lowest BCUT2D eigenvalue weighted by molar-refractivity contribution is 0.0959. The largest absolute Gasteiger partial charge is 0.497 e. The highest BCUT2D eigenvalue weighted by molar-refractivity contribution is 7.21. The van der Waals surface area contributed by atoms with E-state index in [4.69, 9.17) is 16.3 Å². The van der Waals surface area contributed by atoms with Crippen LogP contribution < -0.4 is 10.2 Å². The molecule has 0 spiro atoms. The molecular weight excluding hydrogens is 344 g/mol. The van der Waals surface area contributed by atoms with Gasteiger partial charge in [-0.25, -0.2) is 5.43 Å². The second kappa shape index (κ2) is 7.03. The first-order valence-electron chi connectivity index (χ1n) is 7.24. The number of carbonyl (C=O) groups is 1. The van der Waals surface area contributed by atoms with Crippen molar-refractivity contribution >= 4 is 45.1 Å². The molecule has 0 saturated heterocycles. The quantitative estimate of drug-likeness (QED) is 0.545. The summed E-state index contributed by atoms with van der Waals surface area (Å²) in [5.41, 5.74) is 4.60. The van der Waals surface area contributed by atoms with Gasteiger partial charge in [0.2, 0.25) is 0 Å². The molecule has 24 heavy (non-hydrogen) atoms. The number of ether oxygens (including phenoxy) is 1. The third-order valence-electron chi connectivity index (χ3n) is 3.50. The summed E-state index contributed by atoms with van der Waals surface area (Å²) in [6.45, 7) is 2.02. The summed E-state index contributed by atoms with van der Waals surface area (Å²) < 4.78 is 6.09. The van der Waals surface area contributed by atoms with Gasteiger partial charge in [-0.2, -0.15) is 5.10 Å². The van der Waals surface area contributed by atoms with Gasteiger partial charge in [0.1, 0.15) is 10.6 Å². The van der Waals surface area contributed by atoms with E-state index < -0.39 is 0 Å². The molecule has 3 aromatic rings. The van der Waals surface area contributed by atoms with Crippen LogP contribution in [0.25, 0.3) is 10.1 Å². The summed E-state index contributed by atoms with van der Waals surface area (Å²) in [5, 5.41) is 5.25. The molecule has 0 radical (unpaired) electrons. The van der Waals surface area contributed by atoms with E-state index in [1.807, 2.05) is 49.4 Å². The molecule has 0 atom stereocenters. The topological polar surface area (TPSA) is 50.7 Å². The molecule has 6 heteroatoms. The van der Waals surface area contributed by atoms with Crippen molar-refractivity contribution in [2.24, 2.45) is 5.10 Å². The number of methoxy groups -OCH3 is 1. The first-order valence-corrected chi connectivity index (χ1v) is 8.44. The number of fused-ring (bicyclic) bond motifs is 1. The fourth-order valence-electron chi connectivity index (χ4n) is 2.19. The van der Waals surface area contributed by atoms with Gasteiger partial charge in [0.25, 0.3) is 5.91 Å². The maximum absolute atomic E-state index is 12.3. The molecule has 0 saturated carbocycles. The number of rotatable bonds is 4. The zero-order chi connectivity index (χ0) is 17.1. The van der Waals surface area contributed by atoms with Crippen molar-refractivity contribution in [3.05, 3.63) is 63.5 Å². The number of halogens is 1. The van der Waals surface area contributed by atoms with Crippen LogP contribution in [0.5, 0.6) is 5.75 Å². The third kappa shape index (κ3) is 3.42. The second-order valence-electron chi connectivity index (χ2n) is 5.22. The summed E-state index contributed by atoms with van der Waals surface area (Å²) in [6, 6.07) is 13.4. The lowest BCUT2D eigenvalue weighted by Gasteiger charge is -1.98. The van der Waals surface area contributed by atoms with Crippen LogP contribution in [0.3, 0.4) is 0 Å². The van der Waals surface area contributed by atoms with E-state index in [0.717, 1.165) is 21.4 Å².